The fraction of sp³-hybridized carbons (Fsp3) is 0.600. The number of hydrogen-bond donors (Lipinski definition) is 1. The van der Waals surface area contributed by atoms with Crippen LogP contribution < -0.4 is 10.1 Å². The van der Waals surface area contributed by atoms with Gasteiger partial charge in [-0.1, -0.05) is 25.1 Å². The van der Waals surface area contributed by atoms with Gasteiger partial charge in [-0.2, -0.15) is 17.6 Å². The number of ether oxygens (including phenoxy) is 1. The lowest BCUT2D eigenvalue weighted by molar-refractivity contribution is -0.253. The van der Waals surface area contributed by atoms with E-state index in [1.54, 1.807) is 12.1 Å². The third-order valence-corrected chi connectivity index (χ3v) is 3.76. The second-order valence-corrected chi connectivity index (χ2v) is 5.21. The average Bonchev–Trinajstić information content (AvgIpc) is 2.50. The normalized spacial score (nSPS) is 17.7. The monoisotopic (exact) mass is 356 g/mol. The Morgan fingerprint density at radius 1 is 1.22 bits per heavy atom. The zero-order valence-corrected chi connectivity index (χ0v) is 13.6. The van der Waals surface area contributed by atoms with E-state index in [2.05, 4.69) is 15.0 Å². The maximum absolute atomic E-state index is 13.2. The Morgan fingerprint density at radius 2 is 1.83 bits per heavy atom. The van der Waals surface area contributed by atoms with Crippen LogP contribution in [0.4, 0.5) is 17.6 Å². The highest BCUT2D eigenvalue weighted by atomic mass is 35.5. The third kappa shape index (κ3) is 4.96. The molecule has 1 aromatic carbocycles. The molecule has 0 amide bonds. The van der Waals surface area contributed by atoms with Gasteiger partial charge in [0.1, 0.15) is 5.75 Å². The highest BCUT2D eigenvalue weighted by Crippen LogP contribution is 2.36. The van der Waals surface area contributed by atoms with Crippen LogP contribution in [0.2, 0.25) is 0 Å². The molecule has 0 aromatic heterocycles. The van der Waals surface area contributed by atoms with Gasteiger partial charge < -0.3 is 10.1 Å². The van der Waals surface area contributed by atoms with E-state index >= 15 is 0 Å². The summed E-state index contributed by atoms with van der Waals surface area (Å²) in [6.45, 7) is 5.12. The van der Waals surface area contributed by atoms with Gasteiger partial charge in [0.15, 0.2) is 0 Å². The fourth-order valence-corrected chi connectivity index (χ4v) is 2.71. The zero-order chi connectivity index (χ0) is 16.2. The van der Waals surface area contributed by atoms with Crippen LogP contribution in [0.25, 0.3) is 0 Å². The number of hydrogen-bond acceptors (Lipinski definition) is 3. The van der Waals surface area contributed by atoms with E-state index in [1.165, 1.54) is 12.1 Å². The van der Waals surface area contributed by atoms with Crippen LogP contribution in [0.5, 0.6) is 5.75 Å². The van der Waals surface area contributed by atoms with Gasteiger partial charge >= 0.3 is 12.5 Å². The van der Waals surface area contributed by atoms with Crippen molar-refractivity contribution in [2.45, 2.75) is 31.9 Å². The minimum atomic E-state index is -4.49. The largest absolute Gasteiger partial charge is 0.461 e. The first kappa shape index (κ1) is 20.0. The minimum Gasteiger partial charge on any atom is -0.428 e. The van der Waals surface area contributed by atoms with Crippen molar-refractivity contribution in [3.05, 3.63) is 29.8 Å². The van der Waals surface area contributed by atoms with Crippen molar-refractivity contribution in [3.8, 4) is 5.75 Å². The van der Waals surface area contributed by atoms with Gasteiger partial charge in [0.2, 0.25) is 0 Å². The van der Waals surface area contributed by atoms with Crippen LogP contribution in [0.3, 0.4) is 0 Å². The summed E-state index contributed by atoms with van der Waals surface area (Å²) in [6, 6.07) is 6.05. The summed E-state index contributed by atoms with van der Waals surface area (Å²) in [5.41, 5.74) is 0.521. The molecule has 1 fully saturated rings. The lowest BCUT2D eigenvalue weighted by Crippen LogP contribution is -2.45. The summed E-state index contributed by atoms with van der Waals surface area (Å²) in [5.74, 6) is -0.182. The summed E-state index contributed by atoms with van der Waals surface area (Å²) in [5, 5.41) is 3.22. The zero-order valence-electron chi connectivity index (χ0n) is 12.8. The average molecular weight is 357 g/mol. The Kier molecular flexibility index (Phi) is 7.57. The number of nitrogens with zero attached hydrogens (tertiary/aromatic N) is 1. The van der Waals surface area contributed by atoms with Crippen molar-refractivity contribution < 1.29 is 22.3 Å². The van der Waals surface area contributed by atoms with E-state index in [-0.39, 0.29) is 24.2 Å². The molecule has 1 aliphatic heterocycles. The Balaban J connectivity index is 0.00000264. The third-order valence-electron chi connectivity index (χ3n) is 3.76. The van der Waals surface area contributed by atoms with Gasteiger partial charge in [0, 0.05) is 37.8 Å². The number of rotatable bonds is 6. The van der Waals surface area contributed by atoms with Gasteiger partial charge in [-0.15, -0.1) is 12.4 Å². The van der Waals surface area contributed by atoms with E-state index in [1.807, 2.05) is 6.92 Å². The van der Waals surface area contributed by atoms with Crippen LogP contribution in [-0.4, -0.2) is 43.6 Å². The first-order chi connectivity index (χ1) is 10.5. The quantitative estimate of drug-likeness (QED) is 0.787. The van der Waals surface area contributed by atoms with Gasteiger partial charge in [0.05, 0.1) is 0 Å². The maximum atomic E-state index is 13.2. The van der Waals surface area contributed by atoms with Crippen molar-refractivity contribution in [2.75, 3.05) is 26.2 Å². The minimum absolute atomic E-state index is 0. The van der Waals surface area contributed by atoms with Gasteiger partial charge in [-0.25, -0.2) is 0 Å². The SMILES string of the molecule is CC[C@@H](c1ccccc1OC(F)(F)C(F)F)N1CCNCC1.Cl. The van der Waals surface area contributed by atoms with E-state index in [0.29, 0.717) is 12.0 Å². The molecule has 2 rings (SSSR count). The molecule has 0 unspecified atom stereocenters. The van der Waals surface area contributed by atoms with Crippen LogP contribution in [0, 0.1) is 0 Å². The molecule has 1 heterocycles. The Labute approximate surface area is 139 Å². The topological polar surface area (TPSA) is 24.5 Å². The van der Waals surface area contributed by atoms with Crippen molar-refractivity contribution >= 4 is 12.4 Å². The summed E-state index contributed by atoms with van der Waals surface area (Å²) >= 11 is 0. The molecule has 0 aliphatic carbocycles. The molecule has 0 radical (unpaired) electrons. The first-order valence-corrected chi connectivity index (χ1v) is 7.34. The molecule has 23 heavy (non-hydrogen) atoms. The fourth-order valence-electron chi connectivity index (χ4n) is 2.71. The molecule has 1 aliphatic rings. The van der Waals surface area contributed by atoms with Crippen molar-refractivity contribution in [1.29, 1.82) is 0 Å². The molecule has 8 heteroatoms. The number of halogens is 5. The van der Waals surface area contributed by atoms with Crippen molar-refractivity contribution in [2.24, 2.45) is 0 Å². The van der Waals surface area contributed by atoms with E-state index in [9.17, 15) is 17.6 Å². The molecule has 132 valence electrons. The molecule has 0 saturated carbocycles. The molecular weight excluding hydrogens is 336 g/mol. The second kappa shape index (κ2) is 8.70. The summed E-state index contributed by atoms with van der Waals surface area (Å²) in [7, 11) is 0. The van der Waals surface area contributed by atoms with Gasteiger partial charge in [-0.3, -0.25) is 4.90 Å². The molecule has 1 atom stereocenters. The highest BCUT2D eigenvalue weighted by molar-refractivity contribution is 5.85. The molecule has 1 saturated heterocycles. The van der Waals surface area contributed by atoms with Crippen LogP contribution in [0.1, 0.15) is 24.9 Å². The Morgan fingerprint density at radius 3 is 2.39 bits per heavy atom. The summed E-state index contributed by atoms with van der Waals surface area (Å²) in [4.78, 5) is 2.15. The number of para-hydroxylation sites is 1. The Hall–Kier alpha value is -1.05. The second-order valence-electron chi connectivity index (χ2n) is 5.21. The predicted octanol–water partition coefficient (Wildman–Crippen LogP) is 3.70. The molecule has 3 nitrogen and oxygen atoms in total. The molecular formula is C15H21ClF4N2O. The standard InChI is InChI=1S/C15H20F4N2O.ClH/c1-2-12(21-9-7-20-8-10-21)11-5-3-4-6-13(11)22-15(18,19)14(16)17;/h3-6,12,14,20H,2,7-10H2,1H3;1H/t12-;/m0./s1. The smallest absolute Gasteiger partial charge is 0.428 e. The number of piperazine rings is 1. The number of alkyl halides is 4. The van der Waals surface area contributed by atoms with E-state index in [0.717, 1.165) is 26.2 Å². The van der Waals surface area contributed by atoms with Gasteiger partial charge in [0.25, 0.3) is 0 Å². The number of nitrogens with one attached hydrogen (secondary N) is 1. The molecule has 1 aromatic rings. The summed E-state index contributed by atoms with van der Waals surface area (Å²) < 4.78 is 55.5. The lowest BCUT2D eigenvalue weighted by atomic mass is 10.0. The first-order valence-electron chi connectivity index (χ1n) is 7.34. The summed E-state index contributed by atoms with van der Waals surface area (Å²) in [6.07, 6.45) is -7.67. The predicted molar refractivity (Wildman–Crippen MR) is 82.7 cm³/mol. The van der Waals surface area contributed by atoms with E-state index in [4.69, 9.17) is 0 Å². The number of benzene rings is 1. The molecule has 0 spiro atoms. The van der Waals surface area contributed by atoms with Crippen molar-refractivity contribution in [3.63, 3.8) is 0 Å². The molecule has 1 N–H and O–H groups in total. The van der Waals surface area contributed by atoms with E-state index < -0.39 is 12.5 Å². The Bertz CT molecular complexity index is 484. The van der Waals surface area contributed by atoms with Gasteiger partial charge in [-0.05, 0) is 12.5 Å². The van der Waals surface area contributed by atoms with Crippen LogP contribution in [0.15, 0.2) is 24.3 Å². The maximum Gasteiger partial charge on any atom is 0.461 e. The van der Waals surface area contributed by atoms with Crippen LogP contribution >= 0.6 is 12.4 Å². The highest BCUT2D eigenvalue weighted by Gasteiger charge is 2.44. The lowest BCUT2D eigenvalue weighted by Gasteiger charge is -2.35. The van der Waals surface area contributed by atoms with Crippen LogP contribution in [-0.2, 0) is 0 Å². The molecule has 0 bridgehead atoms. The van der Waals surface area contributed by atoms with Crippen molar-refractivity contribution in [1.82, 2.24) is 10.2 Å².